The van der Waals surface area contributed by atoms with Crippen molar-refractivity contribution in [1.82, 2.24) is 20.8 Å². The van der Waals surface area contributed by atoms with Gasteiger partial charge in [-0.05, 0) is 18.9 Å². The van der Waals surface area contributed by atoms with Gasteiger partial charge in [0.05, 0.1) is 0 Å². The van der Waals surface area contributed by atoms with E-state index < -0.39 is 0 Å². The van der Waals surface area contributed by atoms with E-state index in [9.17, 15) is 4.79 Å². The number of rotatable bonds is 6. The molecule has 1 aromatic rings. The maximum atomic E-state index is 11.3. The summed E-state index contributed by atoms with van der Waals surface area (Å²) in [5.41, 5.74) is 1.04. The first kappa shape index (κ1) is 10.2. The second-order valence-corrected chi connectivity index (χ2v) is 3.85. The van der Waals surface area contributed by atoms with Crippen molar-refractivity contribution in [1.29, 1.82) is 0 Å². The van der Waals surface area contributed by atoms with E-state index in [2.05, 4.69) is 20.8 Å². The van der Waals surface area contributed by atoms with E-state index in [1.165, 1.54) is 0 Å². The number of carbonyl (C=O) groups is 1. The highest BCUT2D eigenvalue weighted by atomic mass is 16.1. The van der Waals surface area contributed by atoms with Crippen LogP contribution >= 0.6 is 0 Å². The zero-order valence-corrected chi connectivity index (χ0v) is 8.62. The van der Waals surface area contributed by atoms with Gasteiger partial charge in [-0.2, -0.15) is 5.10 Å². The summed E-state index contributed by atoms with van der Waals surface area (Å²) in [6.45, 7) is 1.44. The molecule has 0 spiro atoms. The smallest absolute Gasteiger partial charge is 0.221 e. The molecule has 0 unspecified atom stereocenters. The first-order chi connectivity index (χ1) is 7.34. The van der Waals surface area contributed by atoms with E-state index in [4.69, 9.17) is 0 Å². The summed E-state index contributed by atoms with van der Waals surface area (Å²) in [6, 6.07) is 2.38. The SMILES string of the molecule is O=C(CCNCc1ccn[nH]1)NC1CC1. The summed E-state index contributed by atoms with van der Waals surface area (Å²) in [5, 5.41) is 12.8. The van der Waals surface area contributed by atoms with E-state index in [0.717, 1.165) is 25.1 Å². The summed E-state index contributed by atoms with van der Waals surface area (Å²) in [4.78, 5) is 11.3. The zero-order chi connectivity index (χ0) is 10.5. The van der Waals surface area contributed by atoms with Gasteiger partial charge in [0.1, 0.15) is 0 Å². The van der Waals surface area contributed by atoms with E-state index in [0.29, 0.717) is 19.0 Å². The molecule has 5 heteroatoms. The highest BCUT2D eigenvalue weighted by Gasteiger charge is 2.22. The van der Waals surface area contributed by atoms with Crippen molar-refractivity contribution in [3.8, 4) is 0 Å². The van der Waals surface area contributed by atoms with Gasteiger partial charge in [-0.15, -0.1) is 0 Å². The predicted octanol–water partition coefficient (Wildman–Crippen LogP) is 0.168. The summed E-state index contributed by atoms with van der Waals surface area (Å²) < 4.78 is 0. The van der Waals surface area contributed by atoms with Crippen molar-refractivity contribution >= 4 is 5.91 Å². The van der Waals surface area contributed by atoms with Crippen molar-refractivity contribution in [2.24, 2.45) is 0 Å². The van der Waals surface area contributed by atoms with Gasteiger partial charge in [0.15, 0.2) is 0 Å². The van der Waals surface area contributed by atoms with Crippen LogP contribution in [0.4, 0.5) is 0 Å². The molecule has 1 amide bonds. The monoisotopic (exact) mass is 208 g/mol. The number of hydrogen-bond donors (Lipinski definition) is 3. The van der Waals surface area contributed by atoms with Gasteiger partial charge in [-0.1, -0.05) is 0 Å². The van der Waals surface area contributed by atoms with Crippen LogP contribution in [0, 0.1) is 0 Å². The number of nitrogens with one attached hydrogen (secondary N) is 3. The fraction of sp³-hybridized carbons (Fsp3) is 0.600. The molecule has 0 saturated heterocycles. The molecule has 0 radical (unpaired) electrons. The molecule has 1 aliphatic carbocycles. The van der Waals surface area contributed by atoms with E-state index >= 15 is 0 Å². The Balaban J connectivity index is 1.52. The van der Waals surface area contributed by atoms with Crippen LogP contribution in [-0.4, -0.2) is 28.7 Å². The summed E-state index contributed by atoms with van der Waals surface area (Å²) >= 11 is 0. The van der Waals surface area contributed by atoms with E-state index in [-0.39, 0.29) is 5.91 Å². The summed E-state index contributed by atoms with van der Waals surface area (Å²) in [5.74, 6) is 0.148. The van der Waals surface area contributed by atoms with Crippen molar-refractivity contribution < 1.29 is 4.79 Å². The number of nitrogens with zero attached hydrogens (tertiary/aromatic N) is 1. The molecule has 5 nitrogen and oxygen atoms in total. The normalized spacial score (nSPS) is 15.2. The van der Waals surface area contributed by atoms with Crippen LogP contribution in [0.15, 0.2) is 12.3 Å². The Morgan fingerprint density at radius 3 is 3.13 bits per heavy atom. The van der Waals surface area contributed by atoms with Gasteiger partial charge in [-0.25, -0.2) is 0 Å². The van der Waals surface area contributed by atoms with Gasteiger partial charge in [-0.3, -0.25) is 9.89 Å². The highest BCUT2D eigenvalue weighted by Crippen LogP contribution is 2.18. The molecule has 0 atom stereocenters. The Kier molecular flexibility index (Phi) is 3.34. The molecule has 1 fully saturated rings. The molecular weight excluding hydrogens is 192 g/mol. The molecule has 3 N–H and O–H groups in total. The van der Waals surface area contributed by atoms with Crippen LogP contribution in [0.1, 0.15) is 25.0 Å². The molecule has 1 aliphatic rings. The van der Waals surface area contributed by atoms with Crippen molar-refractivity contribution in [2.75, 3.05) is 6.54 Å². The van der Waals surface area contributed by atoms with Crippen LogP contribution in [0.25, 0.3) is 0 Å². The van der Waals surface area contributed by atoms with Crippen molar-refractivity contribution in [2.45, 2.75) is 31.8 Å². The number of aromatic nitrogens is 2. The second-order valence-electron chi connectivity index (χ2n) is 3.85. The Bertz CT molecular complexity index is 305. The average molecular weight is 208 g/mol. The first-order valence-electron chi connectivity index (χ1n) is 5.33. The third-order valence-electron chi connectivity index (χ3n) is 2.35. The first-order valence-corrected chi connectivity index (χ1v) is 5.33. The Labute approximate surface area is 88.6 Å². The van der Waals surface area contributed by atoms with Crippen LogP contribution in [0.3, 0.4) is 0 Å². The zero-order valence-electron chi connectivity index (χ0n) is 8.62. The molecular formula is C10H16N4O. The molecule has 15 heavy (non-hydrogen) atoms. The minimum Gasteiger partial charge on any atom is -0.353 e. The molecule has 0 aliphatic heterocycles. The topological polar surface area (TPSA) is 69.8 Å². The average Bonchev–Trinajstić information content (AvgIpc) is 2.87. The van der Waals surface area contributed by atoms with Crippen LogP contribution in [-0.2, 0) is 11.3 Å². The largest absolute Gasteiger partial charge is 0.353 e. The fourth-order valence-corrected chi connectivity index (χ4v) is 1.34. The van der Waals surface area contributed by atoms with Gasteiger partial charge < -0.3 is 10.6 Å². The molecule has 0 aromatic carbocycles. The molecule has 0 bridgehead atoms. The molecule has 82 valence electrons. The van der Waals surface area contributed by atoms with Gasteiger partial charge in [0.25, 0.3) is 0 Å². The Hall–Kier alpha value is -1.36. The number of aromatic amines is 1. The minimum absolute atomic E-state index is 0.148. The maximum Gasteiger partial charge on any atom is 0.221 e. The number of hydrogen-bond acceptors (Lipinski definition) is 3. The molecule has 2 rings (SSSR count). The Morgan fingerprint density at radius 1 is 1.60 bits per heavy atom. The van der Waals surface area contributed by atoms with E-state index in [1.807, 2.05) is 6.07 Å². The van der Waals surface area contributed by atoms with Crippen LogP contribution in [0.2, 0.25) is 0 Å². The van der Waals surface area contributed by atoms with Crippen molar-refractivity contribution in [3.63, 3.8) is 0 Å². The number of carbonyl (C=O) groups excluding carboxylic acids is 1. The van der Waals surface area contributed by atoms with Crippen LogP contribution in [0.5, 0.6) is 0 Å². The maximum absolute atomic E-state index is 11.3. The summed E-state index contributed by atoms with van der Waals surface area (Å²) in [7, 11) is 0. The quantitative estimate of drug-likeness (QED) is 0.584. The van der Waals surface area contributed by atoms with Crippen LogP contribution < -0.4 is 10.6 Å². The lowest BCUT2D eigenvalue weighted by atomic mass is 10.3. The lowest BCUT2D eigenvalue weighted by Gasteiger charge is -2.04. The minimum atomic E-state index is 0.148. The molecule has 1 saturated carbocycles. The highest BCUT2D eigenvalue weighted by molar-refractivity contribution is 5.76. The second kappa shape index (κ2) is 4.93. The third kappa shape index (κ3) is 3.71. The standard InChI is InChI=1S/C10H16N4O/c15-10(13-8-1-2-8)4-5-11-7-9-3-6-12-14-9/h3,6,8,11H,1-2,4-5,7H2,(H,12,14)(H,13,15). The lowest BCUT2D eigenvalue weighted by Crippen LogP contribution is -2.29. The fourth-order valence-electron chi connectivity index (χ4n) is 1.34. The molecule has 1 heterocycles. The van der Waals surface area contributed by atoms with Crippen molar-refractivity contribution in [3.05, 3.63) is 18.0 Å². The molecule has 1 aromatic heterocycles. The predicted molar refractivity (Wildman–Crippen MR) is 56.1 cm³/mol. The number of amides is 1. The third-order valence-corrected chi connectivity index (χ3v) is 2.35. The summed E-state index contributed by atoms with van der Waals surface area (Å²) in [6.07, 6.45) is 4.56. The van der Waals surface area contributed by atoms with Gasteiger partial charge in [0, 0.05) is 37.4 Å². The van der Waals surface area contributed by atoms with Gasteiger partial charge >= 0.3 is 0 Å². The lowest BCUT2D eigenvalue weighted by molar-refractivity contribution is -0.121. The van der Waals surface area contributed by atoms with E-state index in [1.54, 1.807) is 6.20 Å². The Morgan fingerprint density at radius 2 is 2.47 bits per heavy atom. The number of H-pyrrole nitrogens is 1. The van der Waals surface area contributed by atoms with Gasteiger partial charge in [0.2, 0.25) is 5.91 Å².